The number of hydrogen-bond donors (Lipinski definition) is 1. The van der Waals surface area contributed by atoms with E-state index < -0.39 is 0 Å². The zero-order valence-electron chi connectivity index (χ0n) is 18.2. The summed E-state index contributed by atoms with van der Waals surface area (Å²) in [6, 6.07) is 9.37. The van der Waals surface area contributed by atoms with E-state index in [2.05, 4.69) is 20.5 Å². The summed E-state index contributed by atoms with van der Waals surface area (Å²) >= 11 is 0. The second-order valence-corrected chi connectivity index (χ2v) is 8.07. The van der Waals surface area contributed by atoms with E-state index in [0.717, 1.165) is 25.8 Å². The van der Waals surface area contributed by atoms with E-state index in [1.807, 2.05) is 0 Å². The molecule has 1 fully saturated rings. The second kappa shape index (κ2) is 9.33. The van der Waals surface area contributed by atoms with E-state index in [0.29, 0.717) is 34.9 Å². The molecule has 1 aliphatic heterocycles. The van der Waals surface area contributed by atoms with Crippen LogP contribution < -0.4 is 15.8 Å². The number of carbonyl (C=O) groups excluding carboxylic acids is 1. The number of nitrogens with one attached hydrogen (secondary N) is 1. The van der Waals surface area contributed by atoms with Gasteiger partial charge in [0.05, 0.1) is 12.2 Å². The minimum absolute atomic E-state index is 0.0424. The Bertz CT molecular complexity index is 1150. The molecule has 1 aromatic carbocycles. The number of aryl methyl sites for hydroxylation is 2. The Morgan fingerprint density at radius 3 is 2.84 bits per heavy atom. The fourth-order valence-corrected chi connectivity index (χ4v) is 4.13. The second-order valence-electron chi connectivity index (χ2n) is 8.07. The molecule has 1 N–H and O–H groups in total. The number of carbonyl (C=O) groups is 1. The number of amides is 1. The lowest BCUT2D eigenvalue weighted by Gasteiger charge is -2.36. The average Bonchev–Trinajstić information content (AvgIpc) is 3.12. The third-order valence-corrected chi connectivity index (χ3v) is 5.75. The number of nitrogens with zero attached hydrogens (tertiary/aromatic N) is 4. The lowest BCUT2D eigenvalue weighted by Crippen LogP contribution is -2.47. The predicted octanol–water partition coefficient (Wildman–Crippen LogP) is 2.82. The number of halogens is 1. The highest BCUT2D eigenvalue weighted by Crippen LogP contribution is 2.22. The fraction of sp³-hybridized carbons (Fsp3) is 0.391. The molecule has 2 aromatic heterocycles. The maximum atomic E-state index is 13.5. The minimum atomic E-state index is -0.350. The van der Waals surface area contributed by atoms with E-state index in [1.54, 1.807) is 32.0 Å². The van der Waals surface area contributed by atoms with Crippen molar-refractivity contribution in [2.24, 2.45) is 0 Å². The molecule has 1 unspecified atom stereocenters. The summed E-state index contributed by atoms with van der Waals surface area (Å²) in [6.45, 7) is 4.86. The van der Waals surface area contributed by atoms with Crippen LogP contribution >= 0.6 is 0 Å². The summed E-state index contributed by atoms with van der Waals surface area (Å²) in [7, 11) is 0. The molecule has 168 valence electrons. The first kappa shape index (κ1) is 21.7. The molecule has 1 atom stereocenters. The fourth-order valence-electron chi connectivity index (χ4n) is 4.13. The van der Waals surface area contributed by atoms with Gasteiger partial charge in [0.1, 0.15) is 23.0 Å². The number of piperidine rings is 1. The topological polar surface area (TPSA) is 93.3 Å². The number of benzene rings is 1. The van der Waals surface area contributed by atoms with E-state index in [4.69, 9.17) is 4.52 Å². The van der Waals surface area contributed by atoms with E-state index >= 15 is 0 Å². The van der Waals surface area contributed by atoms with Crippen LogP contribution in [0.2, 0.25) is 0 Å². The summed E-state index contributed by atoms with van der Waals surface area (Å²) < 4.78 is 20.0. The van der Waals surface area contributed by atoms with Gasteiger partial charge in [-0.25, -0.2) is 9.07 Å². The molecule has 1 saturated heterocycles. The van der Waals surface area contributed by atoms with E-state index in [1.165, 1.54) is 22.9 Å². The van der Waals surface area contributed by atoms with Crippen molar-refractivity contribution in [3.05, 3.63) is 75.2 Å². The van der Waals surface area contributed by atoms with Crippen LogP contribution in [-0.4, -0.2) is 40.0 Å². The highest BCUT2D eigenvalue weighted by atomic mass is 19.1. The van der Waals surface area contributed by atoms with Gasteiger partial charge in [0, 0.05) is 25.2 Å². The molecule has 0 radical (unpaired) electrons. The molecule has 3 heterocycles. The molecule has 0 aliphatic carbocycles. The van der Waals surface area contributed by atoms with Crippen LogP contribution in [-0.2, 0) is 6.54 Å². The lowest BCUT2D eigenvalue weighted by atomic mass is 10.0. The SMILES string of the molecule is Cc1noc(C)c1C(=O)NCC1CCCCN1c1ccc(=O)n(Cc2cccc(F)c2)n1. The Morgan fingerprint density at radius 2 is 2.09 bits per heavy atom. The monoisotopic (exact) mass is 439 g/mol. The quantitative estimate of drug-likeness (QED) is 0.635. The van der Waals surface area contributed by atoms with Gasteiger partial charge in [0.25, 0.3) is 11.5 Å². The number of aromatic nitrogens is 3. The van der Waals surface area contributed by atoms with Gasteiger partial charge >= 0.3 is 0 Å². The molecular weight excluding hydrogens is 413 g/mol. The highest BCUT2D eigenvalue weighted by Gasteiger charge is 2.26. The van der Waals surface area contributed by atoms with E-state index in [-0.39, 0.29) is 29.9 Å². The summed E-state index contributed by atoms with van der Waals surface area (Å²) in [5, 5.41) is 11.4. The normalized spacial score (nSPS) is 16.2. The first-order valence-corrected chi connectivity index (χ1v) is 10.7. The van der Waals surface area contributed by atoms with Gasteiger partial charge in [-0.15, -0.1) is 0 Å². The number of rotatable bonds is 6. The van der Waals surface area contributed by atoms with Crippen LogP contribution in [0.1, 0.15) is 46.6 Å². The third-order valence-electron chi connectivity index (χ3n) is 5.75. The summed E-state index contributed by atoms with van der Waals surface area (Å²) in [5.41, 5.74) is 1.44. The smallest absolute Gasteiger partial charge is 0.267 e. The average molecular weight is 439 g/mol. The van der Waals surface area contributed by atoms with Gasteiger partial charge in [-0.05, 0) is 56.9 Å². The van der Waals surface area contributed by atoms with Gasteiger partial charge in [0.15, 0.2) is 0 Å². The summed E-state index contributed by atoms with van der Waals surface area (Å²) in [6.07, 6.45) is 2.94. The molecule has 9 heteroatoms. The molecule has 0 saturated carbocycles. The molecule has 32 heavy (non-hydrogen) atoms. The van der Waals surface area contributed by atoms with Crippen LogP contribution in [0.3, 0.4) is 0 Å². The van der Waals surface area contributed by atoms with Crippen molar-refractivity contribution in [2.75, 3.05) is 18.0 Å². The molecule has 4 rings (SSSR count). The van der Waals surface area contributed by atoms with Gasteiger partial charge in [0.2, 0.25) is 0 Å². The Kier molecular flexibility index (Phi) is 6.34. The van der Waals surface area contributed by atoms with Crippen molar-refractivity contribution in [3.63, 3.8) is 0 Å². The van der Waals surface area contributed by atoms with Crippen molar-refractivity contribution in [3.8, 4) is 0 Å². The van der Waals surface area contributed by atoms with Gasteiger partial charge < -0.3 is 14.7 Å². The Hall–Kier alpha value is -3.49. The van der Waals surface area contributed by atoms with Crippen molar-refractivity contribution < 1.29 is 13.7 Å². The van der Waals surface area contributed by atoms with Gasteiger partial charge in [-0.3, -0.25) is 9.59 Å². The van der Waals surface area contributed by atoms with E-state index in [9.17, 15) is 14.0 Å². The number of hydrogen-bond acceptors (Lipinski definition) is 6. The predicted molar refractivity (Wildman–Crippen MR) is 117 cm³/mol. The van der Waals surface area contributed by atoms with Gasteiger partial charge in [-0.1, -0.05) is 17.3 Å². The summed E-state index contributed by atoms with van der Waals surface area (Å²) in [5.74, 6) is 0.594. The molecule has 1 amide bonds. The standard InChI is InChI=1S/C23H26FN5O3/c1-15-22(16(2)32-27-15)23(31)25-13-19-8-3-4-11-28(19)20-9-10-21(30)29(26-20)14-17-6-5-7-18(24)12-17/h5-7,9-10,12,19H,3-4,8,11,13-14H2,1-2H3,(H,25,31). The zero-order valence-corrected chi connectivity index (χ0v) is 18.2. The maximum absolute atomic E-state index is 13.5. The van der Waals surface area contributed by atoms with Crippen molar-refractivity contribution in [1.82, 2.24) is 20.3 Å². The molecule has 0 bridgehead atoms. The van der Waals surface area contributed by atoms with Crippen LogP contribution in [0.25, 0.3) is 0 Å². The summed E-state index contributed by atoms with van der Waals surface area (Å²) in [4.78, 5) is 27.1. The van der Waals surface area contributed by atoms with Crippen molar-refractivity contribution in [1.29, 1.82) is 0 Å². The van der Waals surface area contributed by atoms with Gasteiger partial charge in [-0.2, -0.15) is 5.10 Å². The first-order chi connectivity index (χ1) is 15.4. The molecule has 0 spiro atoms. The maximum Gasteiger partial charge on any atom is 0.267 e. The highest BCUT2D eigenvalue weighted by molar-refractivity contribution is 5.96. The largest absolute Gasteiger partial charge is 0.361 e. The van der Waals surface area contributed by atoms with Crippen LogP contribution in [0.4, 0.5) is 10.2 Å². The van der Waals surface area contributed by atoms with Crippen LogP contribution in [0.15, 0.2) is 45.7 Å². The van der Waals surface area contributed by atoms with Crippen molar-refractivity contribution >= 4 is 11.7 Å². The van der Waals surface area contributed by atoms with Crippen molar-refractivity contribution in [2.45, 2.75) is 45.7 Å². The first-order valence-electron chi connectivity index (χ1n) is 10.7. The Labute approximate surface area is 185 Å². The lowest BCUT2D eigenvalue weighted by molar-refractivity contribution is 0.0947. The Morgan fingerprint density at radius 1 is 1.25 bits per heavy atom. The molecule has 3 aromatic rings. The molecular formula is C23H26FN5O3. The van der Waals surface area contributed by atoms with Crippen LogP contribution in [0.5, 0.6) is 0 Å². The number of anilines is 1. The molecule has 8 nitrogen and oxygen atoms in total. The molecule has 1 aliphatic rings. The zero-order chi connectivity index (χ0) is 22.7. The van der Waals surface area contributed by atoms with Crippen LogP contribution in [0, 0.1) is 19.7 Å². The minimum Gasteiger partial charge on any atom is -0.361 e. The Balaban J connectivity index is 1.51. The third kappa shape index (κ3) is 4.71.